The lowest BCUT2D eigenvalue weighted by Gasteiger charge is -2.03. The van der Waals surface area contributed by atoms with Gasteiger partial charge in [-0.25, -0.2) is 12.8 Å². The molecule has 0 saturated heterocycles. The molecule has 0 N–H and O–H groups in total. The third-order valence-electron chi connectivity index (χ3n) is 2.07. The van der Waals surface area contributed by atoms with Crippen LogP contribution in [0.4, 0.5) is 4.39 Å². The maximum Gasteiger partial charge on any atom is 0.208 e. The number of benzene rings is 1. The van der Waals surface area contributed by atoms with Crippen LogP contribution in [0.5, 0.6) is 0 Å². The fourth-order valence-electron chi connectivity index (χ4n) is 1.26. The molecule has 2 aromatic rings. The van der Waals surface area contributed by atoms with Crippen molar-refractivity contribution in [3.05, 3.63) is 54.6 Å². The van der Waals surface area contributed by atoms with Gasteiger partial charge in [-0.15, -0.1) is 0 Å². The fourth-order valence-corrected chi connectivity index (χ4v) is 2.48. The third kappa shape index (κ3) is 1.94. The predicted molar refractivity (Wildman–Crippen MR) is 56.1 cm³/mol. The molecule has 0 radical (unpaired) electrons. The molecule has 2 rings (SSSR count). The summed E-state index contributed by atoms with van der Waals surface area (Å²) < 4.78 is 36.6. The largest absolute Gasteiger partial charge is 0.263 e. The Morgan fingerprint density at radius 2 is 1.69 bits per heavy atom. The highest BCUT2D eigenvalue weighted by atomic mass is 32.2. The summed E-state index contributed by atoms with van der Waals surface area (Å²) in [4.78, 5) is 3.90. The van der Waals surface area contributed by atoms with Crippen LogP contribution < -0.4 is 0 Å². The summed E-state index contributed by atoms with van der Waals surface area (Å²) in [6, 6.07) is 7.68. The number of halogens is 1. The first kappa shape index (κ1) is 10.8. The Morgan fingerprint density at radius 1 is 1.00 bits per heavy atom. The van der Waals surface area contributed by atoms with E-state index in [0.717, 1.165) is 12.1 Å². The van der Waals surface area contributed by atoms with Crippen LogP contribution in [0.1, 0.15) is 0 Å². The average molecular weight is 237 g/mol. The fraction of sp³-hybridized carbons (Fsp3) is 0. The van der Waals surface area contributed by atoms with E-state index in [4.69, 9.17) is 0 Å². The Labute approximate surface area is 92.5 Å². The van der Waals surface area contributed by atoms with Crippen molar-refractivity contribution in [2.75, 3.05) is 0 Å². The minimum absolute atomic E-state index is 0.0573. The van der Waals surface area contributed by atoms with Crippen LogP contribution in [0, 0.1) is 5.82 Å². The zero-order chi connectivity index (χ0) is 11.6. The van der Waals surface area contributed by atoms with E-state index in [0.29, 0.717) is 0 Å². The number of sulfone groups is 1. The molecule has 0 atom stereocenters. The first-order valence-electron chi connectivity index (χ1n) is 4.51. The Kier molecular flexibility index (Phi) is 2.70. The van der Waals surface area contributed by atoms with Crippen LogP contribution in [0.3, 0.4) is 0 Å². The maximum absolute atomic E-state index is 12.7. The molecular weight excluding hydrogens is 229 g/mol. The van der Waals surface area contributed by atoms with Crippen LogP contribution in [-0.2, 0) is 9.84 Å². The molecule has 82 valence electrons. The van der Waals surface area contributed by atoms with E-state index in [1.165, 1.54) is 36.7 Å². The van der Waals surface area contributed by atoms with Crippen LogP contribution >= 0.6 is 0 Å². The molecule has 0 fully saturated rings. The maximum atomic E-state index is 12.7. The summed E-state index contributed by atoms with van der Waals surface area (Å²) in [5, 5.41) is 0. The SMILES string of the molecule is O=S(=O)(c1ccc(F)cc1)c1cccnc1. The van der Waals surface area contributed by atoms with Gasteiger partial charge in [0.2, 0.25) is 9.84 Å². The van der Waals surface area contributed by atoms with Crippen molar-refractivity contribution < 1.29 is 12.8 Å². The Hall–Kier alpha value is -1.75. The lowest BCUT2D eigenvalue weighted by atomic mass is 10.4. The summed E-state index contributed by atoms with van der Waals surface area (Å²) in [7, 11) is -3.58. The summed E-state index contributed by atoms with van der Waals surface area (Å²) in [5.41, 5.74) is 0. The Bertz CT molecular complexity index is 579. The highest BCUT2D eigenvalue weighted by Gasteiger charge is 2.17. The molecule has 0 amide bonds. The molecule has 3 nitrogen and oxygen atoms in total. The van der Waals surface area contributed by atoms with E-state index >= 15 is 0 Å². The van der Waals surface area contributed by atoms with Gasteiger partial charge in [-0.3, -0.25) is 4.98 Å². The van der Waals surface area contributed by atoms with Crippen molar-refractivity contribution >= 4 is 9.84 Å². The first-order chi connectivity index (χ1) is 7.60. The van der Waals surface area contributed by atoms with Crippen molar-refractivity contribution in [1.29, 1.82) is 0 Å². The monoisotopic (exact) mass is 237 g/mol. The normalized spacial score (nSPS) is 11.3. The Morgan fingerprint density at radius 3 is 2.25 bits per heavy atom. The number of rotatable bonds is 2. The summed E-state index contributed by atoms with van der Waals surface area (Å²) >= 11 is 0. The topological polar surface area (TPSA) is 47.0 Å². The van der Waals surface area contributed by atoms with Crippen molar-refractivity contribution in [3.63, 3.8) is 0 Å². The highest BCUT2D eigenvalue weighted by molar-refractivity contribution is 7.91. The second-order valence-electron chi connectivity index (χ2n) is 3.15. The lowest BCUT2D eigenvalue weighted by Crippen LogP contribution is -2.02. The number of pyridine rings is 1. The summed E-state index contributed by atoms with van der Waals surface area (Å²) in [6.45, 7) is 0. The van der Waals surface area contributed by atoms with Gasteiger partial charge in [-0.05, 0) is 36.4 Å². The average Bonchev–Trinajstić information content (AvgIpc) is 2.31. The van der Waals surface area contributed by atoms with E-state index in [9.17, 15) is 12.8 Å². The van der Waals surface area contributed by atoms with Crippen LogP contribution in [-0.4, -0.2) is 13.4 Å². The van der Waals surface area contributed by atoms with E-state index in [1.807, 2.05) is 0 Å². The summed E-state index contributed by atoms with van der Waals surface area (Å²) in [6.07, 6.45) is 2.75. The zero-order valence-electron chi connectivity index (χ0n) is 8.17. The van der Waals surface area contributed by atoms with Gasteiger partial charge >= 0.3 is 0 Å². The predicted octanol–water partition coefficient (Wildman–Crippen LogP) is 2.05. The van der Waals surface area contributed by atoms with E-state index in [1.54, 1.807) is 0 Å². The smallest absolute Gasteiger partial charge is 0.208 e. The quantitative estimate of drug-likeness (QED) is 0.751. The molecule has 1 aromatic carbocycles. The molecule has 1 heterocycles. The molecule has 0 saturated carbocycles. The third-order valence-corrected chi connectivity index (χ3v) is 3.82. The standard InChI is InChI=1S/C11H8FNO2S/c12-9-3-5-10(6-4-9)16(14,15)11-2-1-7-13-8-11/h1-8H. The molecule has 5 heteroatoms. The van der Waals surface area contributed by atoms with Gasteiger partial charge in [0, 0.05) is 12.4 Å². The number of nitrogens with zero attached hydrogens (tertiary/aromatic N) is 1. The number of hydrogen-bond donors (Lipinski definition) is 0. The van der Waals surface area contributed by atoms with Gasteiger partial charge in [-0.2, -0.15) is 0 Å². The van der Waals surface area contributed by atoms with Crippen LogP contribution in [0.15, 0.2) is 58.6 Å². The van der Waals surface area contributed by atoms with Crippen molar-refractivity contribution in [3.8, 4) is 0 Å². The molecule has 0 aliphatic rings. The minimum atomic E-state index is -3.58. The second kappa shape index (κ2) is 4.02. The van der Waals surface area contributed by atoms with Crippen LogP contribution in [0.25, 0.3) is 0 Å². The molecule has 0 spiro atoms. The minimum Gasteiger partial charge on any atom is -0.263 e. The summed E-state index contributed by atoms with van der Waals surface area (Å²) in [5.74, 6) is -0.467. The van der Waals surface area contributed by atoms with Gasteiger partial charge in [0.1, 0.15) is 5.82 Å². The van der Waals surface area contributed by atoms with E-state index in [-0.39, 0.29) is 9.79 Å². The number of hydrogen-bond acceptors (Lipinski definition) is 3. The molecule has 0 bridgehead atoms. The van der Waals surface area contributed by atoms with Crippen molar-refractivity contribution in [2.45, 2.75) is 9.79 Å². The van der Waals surface area contributed by atoms with E-state index in [2.05, 4.69) is 4.98 Å². The number of aromatic nitrogens is 1. The first-order valence-corrected chi connectivity index (χ1v) is 6.00. The Balaban J connectivity index is 2.52. The molecular formula is C11H8FNO2S. The molecule has 0 unspecified atom stereocenters. The van der Waals surface area contributed by atoms with Gasteiger partial charge in [0.15, 0.2) is 0 Å². The zero-order valence-corrected chi connectivity index (χ0v) is 8.99. The van der Waals surface area contributed by atoms with Crippen molar-refractivity contribution in [2.24, 2.45) is 0 Å². The van der Waals surface area contributed by atoms with Gasteiger partial charge in [0.05, 0.1) is 9.79 Å². The molecule has 16 heavy (non-hydrogen) atoms. The second-order valence-corrected chi connectivity index (χ2v) is 5.10. The van der Waals surface area contributed by atoms with Gasteiger partial charge < -0.3 is 0 Å². The highest BCUT2D eigenvalue weighted by Crippen LogP contribution is 2.19. The van der Waals surface area contributed by atoms with Gasteiger partial charge in [0.25, 0.3) is 0 Å². The van der Waals surface area contributed by atoms with Crippen LogP contribution in [0.2, 0.25) is 0 Å². The van der Waals surface area contributed by atoms with Crippen molar-refractivity contribution in [1.82, 2.24) is 4.98 Å². The molecule has 0 aliphatic carbocycles. The van der Waals surface area contributed by atoms with E-state index < -0.39 is 15.7 Å². The lowest BCUT2D eigenvalue weighted by molar-refractivity contribution is 0.594. The molecule has 0 aliphatic heterocycles. The molecule has 1 aromatic heterocycles. The van der Waals surface area contributed by atoms with Gasteiger partial charge in [-0.1, -0.05) is 0 Å².